The van der Waals surface area contributed by atoms with Gasteiger partial charge in [0.05, 0.1) is 0 Å². The molecule has 0 radical (unpaired) electrons. The van der Waals surface area contributed by atoms with Gasteiger partial charge in [-0.2, -0.15) is 0 Å². The summed E-state index contributed by atoms with van der Waals surface area (Å²) in [6, 6.07) is 22.1. The minimum atomic E-state index is -3.44. The van der Waals surface area contributed by atoms with Crippen LogP contribution in [-0.2, 0) is 4.57 Å². The van der Waals surface area contributed by atoms with Crippen LogP contribution in [0.4, 0.5) is 0 Å². The third-order valence-corrected chi connectivity index (χ3v) is 8.55. The third-order valence-electron chi connectivity index (χ3n) is 5.70. The molecule has 0 amide bonds. The van der Waals surface area contributed by atoms with Crippen molar-refractivity contribution in [1.29, 1.82) is 0 Å². The summed E-state index contributed by atoms with van der Waals surface area (Å²) in [6.07, 6.45) is 1.36. The lowest BCUT2D eigenvalue weighted by Crippen LogP contribution is -2.23. The summed E-state index contributed by atoms with van der Waals surface area (Å²) in [4.78, 5) is 13.6. The molecule has 0 saturated heterocycles. The highest BCUT2D eigenvalue weighted by Gasteiger charge is 2.37. The molecule has 0 aliphatic heterocycles. The zero-order valence-corrected chi connectivity index (χ0v) is 21.0. The largest absolute Gasteiger partial charge is 0.396 e. The molecule has 0 heterocycles. The van der Waals surface area contributed by atoms with Gasteiger partial charge in [-0.05, 0) is 44.7 Å². The Morgan fingerprint density at radius 1 is 0.794 bits per heavy atom. The number of benzene rings is 3. The van der Waals surface area contributed by atoms with Crippen molar-refractivity contribution in [2.45, 2.75) is 33.6 Å². The molecule has 3 aromatic rings. The molecular formula is C28H35O5P. The van der Waals surface area contributed by atoms with Gasteiger partial charge in [-0.25, -0.2) is 0 Å². The van der Waals surface area contributed by atoms with Gasteiger partial charge in [-0.1, -0.05) is 78.4 Å². The number of carbonyl (C=O) groups excluding carboxylic acids is 1. The maximum absolute atomic E-state index is 14.2. The standard InChI is InChI=1S/C22H21O2P.C6H14O3/c1-16-14-17(2)21(18(3)15-16)22(23)25(24,19-10-6-4-7-11-19)20-12-8-5-9-13-20;7-3-1-2-6(4-8)5-9/h4-15H,1-3H3;6-9H,1-5H2. The highest BCUT2D eigenvalue weighted by molar-refractivity contribution is 7.93. The van der Waals surface area contributed by atoms with Crippen molar-refractivity contribution in [3.05, 3.63) is 95.1 Å². The van der Waals surface area contributed by atoms with Crippen LogP contribution in [-0.4, -0.2) is 40.7 Å². The van der Waals surface area contributed by atoms with E-state index in [-0.39, 0.29) is 31.3 Å². The summed E-state index contributed by atoms with van der Waals surface area (Å²) in [6.45, 7) is 5.98. The van der Waals surface area contributed by atoms with Gasteiger partial charge in [-0.15, -0.1) is 0 Å². The second-order valence-corrected chi connectivity index (χ2v) is 11.1. The van der Waals surface area contributed by atoms with Gasteiger partial charge >= 0.3 is 0 Å². The lowest BCUT2D eigenvalue weighted by molar-refractivity contribution is 0.107. The molecule has 3 N–H and O–H groups in total. The average molecular weight is 483 g/mol. The van der Waals surface area contributed by atoms with Gasteiger partial charge in [0, 0.05) is 41.9 Å². The maximum atomic E-state index is 14.2. The van der Waals surface area contributed by atoms with Crippen molar-refractivity contribution in [3.8, 4) is 0 Å². The Balaban J connectivity index is 0.000000387. The van der Waals surface area contributed by atoms with Crippen LogP contribution in [0.1, 0.15) is 39.9 Å². The van der Waals surface area contributed by atoms with Gasteiger partial charge in [0.1, 0.15) is 0 Å². The van der Waals surface area contributed by atoms with Gasteiger partial charge in [0.15, 0.2) is 0 Å². The van der Waals surface area contributed by atoms with Crippen LogP contribution in [0.3, 0.4) is 0 Å². The summed E-state index contributed by atoms with van der Waals surface area (Å²) in [5.41, 5.74) is 3.12. The fraction of sp³-hybridized carbons (Fsp3) is 0.321. The molecule has 0 aliphatic carbocycles. The Hall–Kier alpha value is -2.56. The Labute approximate surface area is 202 Å². The molecule has 0 atom stereocenters. The molecular weight excluding hydrogens is 447 g/mol. The maximum Gasteiger partial charge on any atom is 0.230 e. The second-order valence-electron chi connectivity index (χ2n) is 8.46. The van der Waals surface area contributed by atoms with Crippen molar-refractivity contribution < 1.29 is 24.7 Å². The number of aliphatic hydroxyl groups excluding tert-OH is 3. The number of aliphatic hydroxyl groups is 3. The van der Waals surface area contributed by atoms with E-state index >= 15 is 0 Å². The first-order valence-corrected chi connectivity index (χ1v) is 13.2. The quantitative estimate of drug-likeness (QED) is 0.399. The van der Waals surface area contributed by atoms with Crippen molar-refractivity contribution in [3.63, 3.8) is 0 Å². The summed E-state index contributed by atoms with van der Waals surface area (Å²) in [7, 11) is -3.44. The first kappa shape index (κ1) is 27.7. The molecule has 0 aromatic heterocycles. The van der Waals surface area contributed by atoms with Gasteiger partial charge < -0.3 is 19.9 Å². The van der Waals surface area contributed by atoms with E-state index in [9.17, 15) is 9.36 Å². The Morgan fingerprint density at radius 3 is 1.62 bits per heavy atom. The van der Waals surface area contributed by atoms with Crippen LogP contribution >= 0.6 is 7.14 Å². The molecule has 0 aliphatic rings. The number of rotatable bonds is 9. The van der Waals surface area contributed by atoms with Crippen LogP contribution < -0.4 is 10.6 Å². The van der Waals surface area contributed by atoms with E-state index in [1.807, 2.05) is 69.3 Å². The molecule has 0 spiro atoms. The number of hydrogen-bond acceptors (Lipinski definition) is 5. The minimum Gasteiger partial charge on any atom is -0.396 e. The van der Waals surface area contributed by atoms with Gasteiger partial charge in [-0.3, -0.25) is 4.79 Å². The van der Waals surface area contributed by atoms with Gasteiger partial charge in [0.2, 0.25) is 12.7 Å². The molecule has 6 heteroatoms. The van der Waals surface area contributed by atoms with Crippen LogP contribution in [0.25, 0.3) is 0 Å². The molecule has 0 bridgehead atoms. The zero-order valence-electron chi connectivity index (χ0n) is 20.1. The zero-order chi connectivity index (χ0) is 25.1. The van der Waals surface area contributed by atoms with Crippen molar-refractivity contribution >= 4 is 23.3 Å². The molecule has 5 nitrogen and oxygen atoms in total. The summed E-state index contributed by atoms with van der Waals surface area (Å²) >= 11 is 0. The molecule has 3 aromatic carbocycles. The summed E-state index contributed by atoms with van der Waals surface area (Å²) < 4.78 is 14.2. The van der Waals surface area contributed by atoms with Crippen LogP contribution in [0.2, 0.25) is 0 Å². The van der Waals surface area contributed by atoms with Crippen LogP contribution in [0.15, 0.2) is 72.8 Å². The Bertz CT molecular complexity index is 1030. The summed E-state index contributed by atoms with van der Waals surface area (Å²) in [5.74, 6) is -0.0443. The topological polar surface area (TPSA) is 94.8 Å². The van der Waals surface area contributed by atoms with Crippen molar-refractivity contribution in [1.82, 2.24) is 0 Å². The van der Waals surface area contributed by atoms with E-state index in [0.29, 0.717) is 29.0 Å². The van der Waals surface area contributed by atoms with Crippen LogP contribution in [0.5, 0.6) is 0 Å². The third kappa shape index (κ3) is 6.74. The lowest BCUT2D eigenvalue weighted by atomic mass is 10.0. The monoisotopic (exact) mass is 482 g/mol. The van der Waals surface area contributed by atoms with Crippen molar-refractivity contribution in [2.24, 2.45) is 5.92 Å². The highest BCUT2D eigenvalue weighted by atomic mass is 31.2. The SMILES string of the molecule is Cc1cc(C)c(C(=O)P(=O)(c2ccccc2)c2ccccc2)c(C)c1.OCCCC(CO)CO. The van der Waals surface area contributed by atoms with Gasteiger partial charge in [0.25, 0.3) is 0 Å². The fourth-order valence-corrected chi connectivity index (χ4v) is 6.57. The van der Waals surface area contributed by atoms with E-state index in [1.165, 1.54) is 0 Å². The van der Waals surface area contributed by atoms with Crippen molar-refractivity contribution in [2.75, 3.05) is 19.8 Å². The predicted octanol–water partition coefficient (Wildman–Crippen LogP) is 4.13. The normalized spacial score (nSPS) is 11.1. The fourth-order valence-electron chi connectivity index (χ4n) is 3.95. The van der Waals surface area contributed by atoms with E-state index in [2.05, 4.69) is 0 Å². The first-order valence-electron chi connectivity index (χ1n) is 11.5. The smallest absolute Gasteiger partial charge is 0.230 e. The minimum absolute atomic E-state index is 0.0104. The van der Waals surface area contributed by atoms with Crippen LogP contribution in [0, 0.1) is 26.7 Å². The molecule has 0 saturated carbocycles. The second kappa shape index (κ2) is 13.4. The van der Waals surface area contributed by atoms with E-state index in [0.717, 1.165) is 16.7 Å². The molecule has 182 valence electrons. The molecule has 0 fully saturated rings. The molecule has 3 rings (SSSR count). The number of hydrogen-bond donors (Lipinski definition) is 3. The Kier molecular flexibility index (Phi) is 10.9. The van der Waals surface area contributed by atoms with E-state index in [1.54, 1.807) is 24.3 Å². The number of aryl methyl sites for hydroxylation is 3. The highest BCUT2D eigenvalue weighted by Crippen LogP contribution is 2.47. The molecule has 34 heavy (non-hydrogen) atoms. The summed E-state index contributed by atoms with van der Waals surface area (Å²) in [5, 5.41) is 26.5. The lowest BCUT2D eigenvalue weighted by Gasteiger charge is -2.20. The predicted molar refractivity (Wildman–Crippen MR) is 139 cm³/mol. The van der Waals surface area contributed by atoms with E-state index in [4.69, 9.17) is 15.3 Å². The Morgan fingerprint density at radius 2 is 1.24 bits per heavy atom. The average Bonchev–Trinajstić information content (AvgIpc) is 2.85. The number of carbonyl (C=O) groups is 1. The first-order chi connectivity index (χ1) is 16.3. The molecule has 0 unspecified atom stereocenters. The van der Waals surface area contributed by atoms with E-state index < -0.39 is 7.14 Å².